The predicted molar refractivity (Wildman–Crippen MR) is 101 cm³/mol. The second-order valence-corrected chi connectivity index (χ2v) is 7.25. The van der Waals surface area contributed by atoms with Crippen molar-refractivity contribution in [2.75, 3.05) is 13.2 Å². The Morgan fingerprint density at radius 3 is 2.42 bits per heavy atom. The van der Waals surface area contributed by atoms with Crippen LogP contribution in [-0.4, -0.2) is 18.3 Å². The lowest BCUT2D eigenvalue weighted by Gasteiger charge is -2.26. The second kappa shape index (κ2) is 10.4. The summed E-state index contributed by atoms with van der Waals surface area (Å²) >= 11 is 0. The second-order valence-electron chi connectivity index (χ2n) is 7.25. The number of nitrogens with one attached hydrogen (secondary N) is 2. The summed E-state index contributed by atoms with van der Waals surface area (Å²) in [5.74, 6) is 2.34. The average molecular weight is 331 g/mol. The monoisotopic (exact) mass is 330 g/mol. The van der Waals surface area contributed by atoms with Gasteiger partial charge < -0.3 is 15.7 Å². The van der Waals surface area contributed by atoms with Crippen LogP contribution in [0.4, 0.5) is 0 Å². The third-order valence-corrected chi connectivity index (χ3v) is 5.00. The minimum Gasteiger partial charge on any atom is -0.396 e. The average Bonchev–Trinajstić information content (AvgIpc) is 2.62. The van der Waals surface area contributed by atoms with E-state index in [9.17, 15) is 5.11 Å². The van der Waals surface area contributed by atoms with Gasteiger partial charge in [-0.1, -0.05) is 63.4 Å². The lowest BCUT2D eigenvalue weighted by molar-refractivity contribution is 0.293. The Balaban J connectivity index is 2.02. The first-order valence-electron chi connectivity index (χ1n) is 9.56. The van der Waals surface area contributed by atoms with Crippen LogP contribution in [0.1, 0.15) is 57.9 Å². The van der Waals surface area contributed by atoms with E-state index in [4.69, 9.17) is 0 Å². The van der Waals surface area contributed by atoms with Crippen molar-refractivity contribution >= 4 is 0 Å². The smallest absolute Gasteiger partial charge is 0.0984 e. The summed E-state index contributed by atoms with van der Waals surface area (Å²) in [7, 11) is 0. The fourth-order valence-electron chi connectivity index (χ4n) is 3.54. The van der Waals surface area contributed by atoms with Crippen molar-refractivity contribution in [3.63, 3.8) is 0 Å². The van der Waals surface area contributed by atoms with E-state index in [1.807, 2.05) is 6.07 Å². The maximum Gasteiger partial charge on any atom is 0.0984 e. The molecule has 0 saturated heterocycles. The molecule has 1 aliphatic rings. The fraction of sp³-hybridized carbons (Fsp3) is 0.619. The molecule has 1 saturated carbocycles. The summed E-state index contributed by atoms with van der Waals surface area (Å²) in [6.45, 7) is 6.47. The largest absolute Gasteiger partial charge is 0.396 e. The Hall–Kier alpha value is -1.48. The van der Waals surface area contributed by atoms with Crippen molar-refractivity contribution in [1.29, 1.82) is 0 Å². The molecule has 0 radical (unpaired) electrons. The van der Waals surface area contributed by atoms with Crippen molar-refractivity contribution in [3.8, 4) is 0 Å². The molecule has 1 aliphatic carbocycles. The number of hydrogen-bond acceptors (Lipinski definition) is 3. The minimum atomic E-state index is 0.204. The summed E-state index contributed by atoms with van der Waals surface area (Å²) in [6, 6.07) is 10.5. The molecule has 3 heteroatoms. The van der Waals surface area contributed by atoms with Gasteiger partial charge in [0.1, 0.15) is 0 Å². The van der Waals surface area contributed by atoms with Gasteiger partial charge >= 0.3 is 0 Å². The zero-order valence-electron chi connectivity index (χ0n) is 15.4. The molecule has 1 aromatic carbocycles. The standard InChI is InChI=1S/C21H34N2O/c1-17(2)20(13-14-24)21(22-15-18-9-5-3-6-10-18)23-16-19-11-7-4-8-12-19/h3,5-6,9-10,17,19,22-24H,4,7-8,11-16H2,1-2H3. The number of rotatable bonds is 9. The number of hydrogen-bond donors (Lipinski definition) is 3. The molecule has 0 atom stereocenters. The molecule has 3 nitrogen and oxygen atoms in total. The topological polar surface area (TPSA) is 44.3 Å². The number of aliphatic hydroxyl groups excluding tert-OH is 1. The van der Waals surface area contributed by atoms with Gasteiger partial charge in [-0.2, -0.15) is 0 Å². The van der Waals surface area contributed by atoms with E-state index in [2.05, 4.69) is 48.7 Å². The van der Waals surface area contributed by atoms with Gasteiger partial charge in [0.05, 0.1) is 5.82 Å². The van der Waals surface area contributed by atoms with Gasteiger partial charge in [0.15, 0.2) is 0 Å². The maximum absolute atomic E-state index is 9.45. The normalized spacial score (nSPS) is 16.8. The SMILES string of the molecule is CC(C)C(CCO)=C(NCc1ccccc1)NCC1CCCCC1. The summed E-state index contributed by atoms with van der Waals surface area (Å²) in [4.78, 5) is 0. The van der Waals surface area contributed by atoms with Crippen LogP contribution >= 0.6 is 0 Å². The third kappa shape index (κ3) is 6.20. The quantitative estimate of drug-likeness (QED) is 0.636. The van der Waals surface area contributed by atoms with E-state index >= 15 is 0 Å². The van der Waals surface area contributed by atoms with Gasteiger partial charge in [0, 0.05) is 19.7 Å². The van der Waals surface area contributed by atoms with Crippen molar-refractivity contribution in [1.82, 2.24) is 10.6 Å². The molecule has 0 heterocycles. The number of benzene rings is 1. The summed E-state index contributed by atoms with van der Waals surface area (Å²) < 4.78 is 0. The van der Waals surface area contributed by atoms with Crippen molar-refractivity contribution < 1.29 is 5.11 Å². The molecule has 1 fully saturated rings. The van der Waals surface area contributed by atoms with E-state index in [0.29, 0.717) is 5.92 Å². The molecule has 24 heavy (non-hydrogen) atoms. The molecular weight excluding hydrogens is 296 g/mol. The molecule has 1 aromatic rings. The Kier molecular flexibility index (Phi) is 8.17. The first-order chi connectivity index (χ1) is 11.7. The van der Waals surface area contributed by atoms with Gasteiger partial charge in [-0.05, 0) is 42.2 Å². The highest BCUT2D eigenvalue weighted by Crippen LogP contribution is 2.23. The first kappa shape index (κ1) is 18.9. The first-order valence-corrected chi connectivity index (χ1v) is 9.56. The maximum atomic E-state index is 9.45. The Bertz CT molecular complexity index is 490. The zero-order valence-corrected chi connectivity index (χ0v) is 15.4. The summed E-state index contributed by atoms with van der Waals surface area (Å²) in [5.41, 5.74) is 2.57. The van der Waals surface area contributed by atoms with Crippen LogP contribution in [0.3, 0.4) is 0 Å². The van der Waals surface area contributed by atoms with Crippen molar-refractivity contribution in [3.05, 3.63) is 47.3 Å². The van der Waals surface area contributed by atoms with Crippen LogP contribution in [0.15, 0.2) is 41.7 Å². The summed E-state index contributed by atoms with van der Waals surface area (Å²) in [5, 5.41) is 16.7. The van der Waals surface area contributed by atoms with E-state index in [1.165, 1.54) is 43.2 Å². The van der Waals surface area contributed by atoms with Crippen LogP contribution < -0.4 is 10.6 Å². The highest BCUT2D eigenvalue weighted by molar-refractivity contribution is 5.18. The van der Waals surface area contributed by atoms with E-state index in [-0.39, 0.29) is 6.61 Å². The van der Waals surface area contributed by atoms with Gasteiger partial charge in [-0.15, -0.1) is 0 Å². The van der Waals surface area contributed by atoms with Crippen LogP contribution in [-0.2, 0) is 6.54 Å². The Labute approximate surface area is 147 Å². The van der Waals surface area contributed by atoms with E-state index in [1.54, 1.807) is 0 Å². The highest BCUT2D eigenvalue weighted by Gasteiger charge is 2.16. The fourth-order valence-corrected chi connectivity index (χ4v) is 3.54. The Morgan fingerprint density at radius 1 is 1.08 bits per heavy atom. The lowest BCUT2D eigenvalue weighted by Crippen LogP contribution is -2.33. The molecule has 0 aromatic heterocycles. The van der Waals surface area contributed by atoms with E-state index < -0.39 is 0 Å². The lowest BCUT2D eigenvalue weighted by atomic mass is 9.89. The van der Waals surface area contributed by atoms with Crippen LogP contribution in [0.2, 0.25) is 0 Å². The molecule has 0 bridgehead atoms. The Morgan fingerprint density at radius 2 is 1.79 bits per heavy atom. The molecule has 0 amide bonds. The van der Waals surface area contributed by atoms with Crippen molar-refractivity contribution in [2.45, 2.75) is 58.9 Å². The van der Waals surface area contributed by atoms with Gasteiger partial charge in [-0.3, -0.25) is 0 Å². The minimum absolute atomic E-state index is 0.204. The summed E-state index contributed by atoms with van der Waals surface area (Å²) in [6.07, 6.45) is 7.55. The third-order valence-electron chi connectivity index (χ3n) is 5.00. The highest BCUT2D eigenvalue weighted by atomic mass is 16.3. The van der Waals surface area contributed by atoms with Crippen LogP contribution in [0, 0.1) is 11.8 Å². The van der Waals surface area contributed by atoms with Crippen LogP contribution in [0.5, 0.6) is 0 Å². The molecule has 134 valence electrons. The number of aliphatic hydroxyl groups is 1. The molecular formula is C21H34N2O. The van der Waals surface area contributed by atoms with Gasteiger partial charge in [0.25, 0.3) is 0 Å². The molecule has 0 spiro atoms. The van der Waals surface area contributed by atoms with Crippen LogP contribution in [0.25, 0.3) is 0 Å². The predicted octanol–water partition coefficient (Wildman–Crippen LogP) is 4.20. The molecule has 3 N–H and O–H groups in total. The zero-order chi connectivity index (χ0) is 17.2. The molecule has 2 rings (SSSR count). The van der Waals surface area contributed by atoms with Gasteiger partial charge in [-0.25, -0.2) is 0 Å². The molecule has 0 unspecified atom stereocenters. The van der Waals surface area contributed by atoms with Crippen molar-refractivity contribution in [2.24, 2.45) is 11.8 Å². The molecule has 0 aliphatic heterocycles. The van der Waals surface area contributed by atoms with E-state index in [0.717, 1.165) is 31.2 Å². The van der Waals surface area contributed by atoms with Gasteiger partial charge in [0.2, 0.25) is 0 Å².